The lowest BCUT2D eigenvalue weighted by molar-refractivity contribution is -0.140. The SMILES string of the molecule is COC(=O)CCCNC(=O)C(C)C. The Labute approximate surface area is 78.6 Å². The lowest BCUT2D eigenvalue weighted by Crippen LogP contribution is -2.28. The molecule has 0 aliphatic heterocycles. The van der Waals surface area contributed by atoms with E-state index in [0.717, 1.165) is 0 Å². The maximum absolute atomic E-state index is 11.0. The molecule has 4 heteroatoms. The van der Waals surface area contributed by atoms with Crippen LogP contribution in [0.15, 0.2) is 0 Å². The summed E-state index contributed by atoms with van der Waals surface area (Å²) in [6.07, 6.45) is 0.986. The van der Waals surface area contributed by atoms with E-state index in [-0.39, 0.29) is 17.8 Å². The molecule has 0 aliphatic rings. The molecule has 0 unspecified atom stereocenters. The van der Waals surface area contributed by atoms with Crippen LogP contribution in [0.5, 0.6) is 0 Å². The number of nitrogens with one attached hydrogen (secondary N) is 1. The molecule has 0 aromatic carbocycles. The summed E-state index contributed by atoms with van der Waals surface area (Å²) in [5.41, 5.74) is 0. The average molecular weight is 187 g/mol. The molecule has 0 rings (SSSR count). The second-order valence-corrected chi connectivity index (χ2v) is 3.13. The third-order valence-corrected chi connectivity index (χ3v) is 1.61. The fourth-order valence-electron chi connectivity index (χ4n) is 0.751. The van der Waals surface area contributed by atoms with Crippen LogP contribution in [-0.2, 0) is 14.3 Å². The summed E-state index contributed by atoms with van der Waals surface area (Å²) >= 11 is 0. The topological polar surface area (TPSA) is 55.4 Å². The molecule has 0 saturated heterocycles. The summed E-state index contributed by atoms with van der Waals surface area (Å²) in [6, 6.07) is 0. The zero-order chi connectivity index (χ0) is 10.3. The van der Waals surface area contributed by atoms with E-state index in [9.17, 15) is 9.59 Å². The van der Waals surface area contributed by atoms with Crippen molar-refractivity contribution in [3.63, 3.8) is 0 Å². The Kier molecular flexibility index (Phi) is 5.93. The van der Waals surface area contributed by atoms with Crippen molar-refractivity contribution >= 4 is 11.9 Å². The summed E-state index contributed by atoms with van der Waals surface area (Å²) in [6.45, 7) is 4.19. The highest BCUT2D eigenvalue weighted by molar-refractivity contribution is 5.77. The molecule has 0 radical (unpaired) electrons. The Balaban J connectivity index is 3.36. The van der Waals surface area contributed by atoms with Gasteiger partial charge in [-0.05, 0) is 6.42 Å². The van der Waals surface area contributed by atoms with Crippen molar-refractivity contribution in [1.29, 1.82) is 0 Å². The van der Waals surface area contributed by atoms with Crippen LogP contribution >= 0.6 is 0 Å². The second-order valence-electron chi connectivity index (χ2n) is 3.13. The Hall–Kier alpha value is -1.06. The maximum Gasteiger partial charge on any atom is 0.305 e. The lowest BCUT2D eigenvalue weighted by atomic mass is 10.2. The molecule has 13 heavy (non-hydrogen) atoms. The predicted molar refractivity (Wildman–Crippen MR) is 49.1 cm³/mol. The number of hydrogen-bond acceptors (Lipinski definition) is 3. The minimum absolute atomic E-state index is 0.00173. The fourth-order valence-corrected chi connectivity index (χ4v) is 0.751. The number of ether oxygens (including phenoxy) is 1. The van der Waals surface area contributed by atoms with Crippen LogP contribution in [0.3, 0.4) is 0 Å². The van der Waals surface area contributed by atoms with Gasteiger partial charge in [0.2, 0.25) is 5.91 Å². The fraction of sp³-hybridized carbons (Fsp3) is 0.778. The van der Waals surface area contributed by atoms with Gasteiger partial charge in [-0.2, -0.15) is 0 Å². The van der Waals surface area contributed by atoms with Crippen LogP contribution in [0.2, 0.25) is 0 Å². The van der Waals surface area contributed by atoms with Crippen LogP contribution in [-0.4, -0.2) is 25.5 Å². The maximum atomic E-state index is 11.0. The summed E-state index contributed by atoms with van der Waals surface area (Å²) in [5.74, 6) is -0.221. The molecule has 0 spiro atoms. The van der Waals surface area contributed by atoms with Gasteiger partial charge in [0.15, 0.2) is 0 Å². The van der Waals surface area contributed by atoms with Gasteiger partial charge in [-0.1, -0.05) is 13.8 Å². The molecule has 0 aromatic rings. The minimum Gasteiger partial charge on any atom is -0.469 e. The number of amides is 1. The number of hydrogen-bond donors (Lipinski definition) is 1. The highest BCUT2D eigenvalue weighted by atomic mass is 16.5. The molecule has 4 nitrogen and oxygen atoms in total. The van der Waals surface area contributed by atoms with Crippen LogP contribution < -0.4 is 5.32 Å². The van der Waals surface area contributed by atoms with Gasteiger partial charge in [-0.3, -0.25) is 9.59 Å². The van der Waals surface area contributed by atoms with Crippen molar-refractivity contribution in [2.75, 3.05) is 13.7 Å². The molecule has 0 atom stereocenters. The number of carbonyl (C=O) groups is 2. The quantitative estimate of drug-likeness (QED) is 0.509. The van der Waals surface area contributed by atoms with Gasteiger partial charge < -0.3 is 10.1 Å². The Morgan fingerprint density at radius 2 is 2.00 bits per heavy atom. The first-order valence-corrected chi connectivity index (χ1v) is 4.42. The van der Waals surface area contributed by atoms with E-state index >= 15 is 0 Å². The highest BCUT2D eigenvalue weighted by Crippen LogP contribution is 1.93. The molecule has 1 amide bonds. The van der Waals surface area contributed by atoms with Crippen molar-refractivity contribution in [3.8, 4) is 0 Å². The van der Waals surface area contributed by atoms with E-state index < -0.39 is 0 Å². The highest BCUT2D eigenvalue weighted by Gasteiger charge is 2.05. The van der Waals surface area contributed by atoms with Crippen molar-refractivity contribution in [2.24, 2.45) is 5.92 Å². The zero-order valence-electron chi connectivity index (χ0n) is 8.42. The zero-order valence-corrected chi connectivity index (χ0v) is 8.42. The number of esters is 1. The summed E-state index contributed by atoms with van der Waals surface area (Å²) in [7, 11) is 1.36. The van der Waals surface area contributed by atoms with E-state index in [1.165, 1.54) is 7.11 Å². The van der Waals surface area contributed by atoms with E-state index in [2.05, 4.69) is 10.1 Å². The molecule has 0 bridgehead atoms. The average Bonchev–Trinajstić information content (AvgIpc) is 2.11. The minimum atomic E-state index is -0.237. The molecule has 0 heterocycles. The third kappa shape index (κ3) is 6.13. The molecule has 0 fully saturated rings. The van der Waals surface area contributed by atoms with Crippen molar-refractivity contribution in [3.05, 3.63) is 0 Å². The molecule has 0 aromatic heterocycles. The summed E-state index contributed by atoms with van der Waals surface area (Å²) < 4.78 is 4.45. The largest absolute Gasteiger partial charge is 0.469 e. The van der Waals surface area contributed by atoms with Gasteiger partial charge >= 0.3 is 5.97 Å². The Morgan fingerprint density at radius 1 is 1.38 bits per heavy atom. The van der Waals surface area contributed by atoms with E-state index in [1.807, 2.05) is 13.8 Å². The van der Waals surface area contributed by atoms with Crippen LogP contribution in [0.25, 0.3) is 0 Å². The van der Waals surface area contributed by atoms with Crippen molar-refractivity contribution in [1.82, 2.24) is 5.32 Å². The number of rotatable bonds is 5. The van der Waals surface area contributed by atoms with Gasteiger partial charge in [0.05, 0.1) is 7.11 Å². The smallest absolute Gasteiger partial charge is 0.305 e. The standard InChI is InChI=1S/C9H17NO3/c1-7(2)9(12)10-6-4-5-8(11)13-3/h7H,4-6H2,1-3H3,(H,10,12). The first-order valence-electron chi connectivity index (χ1n) is 4.42. The Bertz CT molecular complexity index is 178. The molecule has 0 saturated carbocycles. The first-order chi connectivity index (χ1) is 6.07. The van der Waals surface area contributed by atoms with Crippen molar-refractivity contribution in [2.45, 2.75) is 26.7 Å². The van der Waals surface area contributed by atoms with Gasteiger partial charge in [-0.25, -0.2) is 0 Å². The Morgan fingerprint density at radius 3 is 2.46 bits per heavy atom. The van der Waals surface area contributed by atoms with Gasteiger partial charge in [0.25, 0.3) is 0 Å². The summed E-state index contributed by atoms with van der Waals surface area (Å²) in [4.78, 5) is 21.7. The summed E-state index contributed by atoms with van der Waals surface area (Å²) in [5, 5.41) is 2.71. The predicted octanol–water partition coefficient (Wildman–Crippen LogP) is 0.712. The monoisotopic (exact) mass is 187 g/mol. The molecular formula is C9H17NO3. The first kappa shape index (κ1) is 11.9. The van der Waals surface area contributed by atoms with Crippen LogP contribution in [0, 0.1) is 5.92 Å². The third-order valence-electron chi connectivity index (χ3n) is 1.61. The molecule has 0 aliphatic carbocycles. The van der Waals surface area contributed by atoms with Crippen LogP contribution in [0.4, 0.5) is 0 Å². The van der Waals surface area contributed by atoms with Gasteiger partial charge in [0.1, 0.15) is 0 Å². The number of carbonyl (C=O) groups excluding carboxylic acids is 2. The van der Waals surface area contributed by atoms with E-state index in [0.29, 0.717) is 19.4 Å². The number of methoxy groups -OCH3 is 1. The van der Waals surface area contributed by atoms with Crippen LogP contribution in [0.1, 0.15) is 26.7 Å². The second kappa shape index (κ2) is 6.46. The van der Waals surface area contributed by atoms with E-state index in [1.54, 1.807) is 0 Å². The van der Waals surface area contributed by atoms with Gasteiger partial charge in [-0.15, -0.1) is 0 Å². The van der Waals surface area contributed by atoms with Crippen molar-refractivity contribution < 1.29 is 14.3 Å². The molecular weight excluding hydrogens is 170 g/mol. The van der Waals surface area contributed by atoms with Gasteiger partial charge in [0, 0.05) is 18.9 Å². The normalized spacial score (nSPS) is 9.85. The molecule has 76 valence electrons. The molecule has 1 N–H and O–H groups in total. The van der Waals surface area contributed by atoms with E-state index in [4.69, 9.17) is 0 Å². The lowest BCUT2D eigenvalue weighted by Gasteiger charge is -2.06.